The summed E-state index contributed by atoms with van der Waals surface area (Å²) in [5.41, 5.74) is 4.01. The number of alkyl halides is 3. The minimum absolute atomic E-state index is 0.179. The third kappa shape index (κ3) is 3.69. The molecule has 3 N–H and O–H groups in total. The minimum Gasteiger partial charge on any atom is -0.375 e. The van der Waals surface area contributed by atoms with E-state index in [2.05, 4.69) is 10.3 Å². The number of carbonyl (C=O) groups excluding carboxylic acids is 1. The van der Waals surface area contributed by atoms with E-state index in [1.807, 2.05) is 0 Å². The lowest BCUT2D eigenvalue weighted by Gasteiger charge is -2.13. The molecule has 0 unspecified atom stereocenters. The van der Waals surface area contributed by atoms with Crippen molar-refractivity contribution >= 4 is 22.4 Å². The third-order valence-electron chi connectivity index (χ3n) is 2.56. The van der Waals surface area contributed by atoms with E-state index in [1.165, 1.54) is 6.20 Å². The zero-order chi connectivity index (χ0) is 15.6. The first-order valence-electron chi connectivity index (χ1n) is 5.62. The number of nitrogens with two attached hydrogens (primary N) is 1. The van der Waals surface area contributed by atoms with Crippen molar-refractivity contribution in [3.05, 3.63) is 46.2 Å². The van der Waals surface area contributed by atoms with E-state index in [-0.39, 0.29) is 22.1 Å². The number of amides is 1. The molecule has 1 aromatic carbocycles. The molecular formula is C12H9F4N3OS. The van der Waals surface area contributed by atoms with Gasteiger partial charge in [0.1, 0.15) is 10.7 Å². The standard InChI is InChI=1S/C12H9F4N3OS/c13-7-2-1-6(8(3-7)12(14,15)16)4-18-10(20)9-5-19-11(17)21-9/h1-3,5H,4H2,(H2,17,19)(H,18,20). The predicted molar refractivity (Wildman–Crippen MR) is 69.1 cm³/mol. The van der Waals surface area contributed by atoms with Gasteiger partial charge in [-0.3, -0.25) is 4.79 Å². The van der Waals surface area contributed by atoms with Crippen molar-refractivity contribution in [1.82, 2.24) is 10.3 Å². The van der Waals surface area contributed by atoms with E-state index in [9.17, 15) is 22.4 Å². The molecule has 0 saturated heterocycles. The van der Waals surface area contributed by atoms with Gasteiger partial charge < -0.3 is 11.1 Å². The van der Waals surface area contributed by atoms with Gasteiger partial charge in [-0.2, -0.15) is 13.2 Å². The molecule has 0 spiro atoms. The zero-order valence-corrected chi connectivity index (χ0v) is 11.2. The molecule has 1 amide bonds. The van der Waals surface area contributed by atoms with Gasteiger partial charge in [0.15, 0.2) is 5.13 Å². The van der Waals surface area contributed by atoms with Crippen LogP contribution >= 0.6 is 11.3 Å². The van der Waals surface area contributed by atoms with Crippen molar-refractivity contribution in [2.45, 2.75) is 12.7 Å². The maximum atomic E-state index is 12.9. The smallest absolute Gasteiger partial charge is 0.375 e. The molecule has 1 aromatic heterocycles. The first-order chi connectivity index (χ1) is 9.77. The van der Waals surface area contributed by atoms with Gasteiger partial charge in [-0.25, -0.2) is 9.37 Å². The van der Waals surface area contributed by atoms with Crippen LogP contribution in [0.1, 0.15) is 20.8 Å². The average Bonchev–Trinajstić information content (AvgIpc) is 2.82. The van der Waals surface area contributed by atoms with Crippen LogP contribution in [-0.2, 0) is 12.7 Å². The SMILES string of the molecule is Nc1ncc(C(=O)NCc2ccc(F)cc2C(F)(F)F)s1. The number of nitrogens with zero attached hydrogens (tertiary/aromatic N) is 1. The Morgan fingerprint density at radius 2 is 2.10 bits per heavy atom. The van der Waals surface area contributed by atoms with Crippen molar-refractivity contribution in [3.8, 4) is 0 Å². The van der Waals surface area contributed by atoms with Crippen LogP contribution in [-0.4, -0.2) is 10.9 Å². The van der Waals surface area contributed by atoms with Gasteiger partial charge in [0.05, 0.1) is 11.8 Å². The van der Waals surface area contributed by atoms with Crippen LogP contribution in [0.4, 0.5) is 22.7 Å². The molecule has 0 bridgehead atoms. The summed E-state index contributed by atoms with van der Waals surface area (Å²) in [6.45, 7) is -0.383. The number of thiazole rings is 1. The van der Waals surface area contributed by atoms with Crippen LogP contribution in [0, 0.1) is 5.82 Å². The van der Waals surface area contributed by atoms with Crippen molar-refractivity contribution in [2.24, 2.45) is 0 Å². The van der Waals surface area contributed by atoms with Gasteiger partial charge in [-0.15, -0.1) is 0 Å². The number of aromatic nitrogens is 1. The minimum atomic E-state index is -4.70. The lowest BCUT2D eigenvalue weighted by atomic mass is 10.1. The molecule has 9 heteroatoms. The number of anilines is 1. The Hall–Kier alpha value is -2.16. The highest BCUT2D eigenvalue weighted by molar-refractivity contribution is 7.17. The van der Waals surface area contributed by atoms with E-state index in [0.717, 1.165) is 23.5 Å². The van der Waals surface area contributed by atoms with Crippen LogP contribution in [0.15, 0.2) is 24.4 Å². The summed E-state index contributed by atoms with van der Waals surface area (Å²) in [6.07, 6.45) is -3.47. The number of carbonyl (C=O) groups is 1. The summed E-state index contributed by atoms with van der Waals surface area (Å²) in [5, 5.41) is 2.49. The molecule has 112 valence electrons. The van der Waals surface area contributed by atoms with Crippen molar-refractivity contribution in [1.29, 1.82) is 0 Å². The Labute approximate surface area is 120 Å². The molecule has 2 aromatic rings. The molecule has 0 aliphatic carbocycles. The molecule has 0 saturated carbocycles. The van der Waals surface area contributed by atoms with Crippen molar-refractivity contribution in [3.63, 3.8) is 0 Å². The second-order valence-electron chi connectivity index (χ2n) is 4.04. The van der Waals surface area contributed by atoms with Crippen LogP contribution < -0.4 is 11.1 Å². The van der Waals surface area contributed by atoms with Crippen LogP contribution in [0.3, 0.4) is 0 Å². The molecule has 4 nitrogen and oxygen atoms in total. The summed E-state index contributed by atoms with van der Waals surface area (Å²) in [4.78, 5) is 15.6. The Morgan fingerprint density at radius 1 is 1.38 bits per heavy atom. The van der Waals surface area contributed by atoms with Gasteiger partial charge in [-0.1, -0.05) is 17.4 Å². The number of hydrogen-bond acceptors (Lipinski definition) is 4. The normalized spacial score (nSPS) is 11.4. The van der Waals surface area contributed by atoms with Crippen LogP contribution in [0.5, 0.6) is 0 Å². The first kappa shape index (κ1) is 15.2. The highest BCUT2D eigenvalue weighted by Crippen LogP contribution is 2.32. The highest BCUT2D eigenvalue weighted by atomic mass is 32.1. The number of nitrogen functional groups attached to an aromatic ring is 1. The molecule has 0 aliphatic rings. The van der Waals surface area contributed by atoms with Crippen molar-refractivity contribution in [2.75, 3.05) is 5.73 Å². The quantitative estimate of drug-likeness (QED) is 0.855. The van der Waals surface area contributed by atoms with E-state index < -0.39 is 23.5 Å². The fourth-order valence-corrected chi connectivity index (χ4v) is 2.22. The summed E-state index contributed by atoms with van der Waals surface area (Å²) < 4.78 is 51.3. The molecule has 0 atom stereocenters. The fraction of sp³-hybridized carbons (Fsp3) is 0.167. The average molecular weight is 319 g/mol. The molecule has 0 aliphatic heterocycles. The van der Waals surface area contributed by atoms with Gasteiger partial charge in [-0.05, 0) is 17.7 Å². The summed E-state index contributed by atoms with van der Waals surface area (Å²) in [5.74, 6) is -1.59. The second kappa shape index (κ2) is 5.68. The van der Waals surface area contributed by atoms with E-state index in [1.54, 1.807) is 0 Å². The lowest BCUT2D eigenvalue weighted by Crippen LogP contribution is -2.24. The Bertz CT molecular complexity index is 669. The largest absolute Gasteiger partial charge is 0.416 e. The second-order valence-corrected chi connectivity index (χ2v) is 5.11. The maximum Gasteiger partial charge on any atom is 0.416 e. The monoisotopic (exact) mass is 319 g/mol. The lowest BCUT2D eigenvalue weighted by molar-refractivity contribution is -0.138. The fourth-order valence-electron chi connectivity index (χ4n) is 1.62. The van der Waals surface area contributed by atoms with Crippen LogP contribution in [0.2, 0.25) is 0 Å². The molecular weight excluding hydrogens is 310 g/mol. The van der Waals surface area contributed by atoms with E-state index >= 15 is 0 Å². The van der Waals surface area contributed by atoms with Gasteiger partial charge in [0, 0.05) is 6.54 Å². The van der Waals surface area contributed by atoms with E-state index in [0.29, 0.717) is 6.07 Å². The van der Waals surface area contributed by atoms with Crippen LogP contribution in [0.25, 0.3) is 0 Å². The number of benzene rings is 1. The highest BCUT2D eigenvalue weighted by Gasteiger charge is 2.33. The topological polar surface area (TPSA) is 68.0 Å². The number of hydrogen-bond donors (Lipinski definition) is 2. The molecule has 0 fully saturated rings. The number of halogens is 4. The van der Waals surface area contributed by atoms with E-state index in [4.69, 9.17) is 5.73 Å². The first-order valence-corrected chi connectivity index (χ1v) is 6.44. The third-order valence-corrected chi connectivity index (χ3v) is 3.39. The zero-order valence-electron chi connectivity index (χ0n) is 10.4. The molecule has 21 heavy (non-hydrogen) atoms. The number of nitrogens with one attached hydrogen (secondary N) is 1. The molecule has 2 rings (SSSR count). The predicted octanol–water partition coefficient (Wildman–Crippen LogP) is 2.81. The maximum absolute atomic E-state index is 12.9. The Balaban J connectivity index is 2.15. The van der Waals surface area contributed by atoms with Gasteiger partial charge in [0.25, 0.3) is 5.91 Å². The van der Waals surface area contributed by atoms with Gasteiger partial charge >= 0.3 is 6.18 Å². The summed E-state index contributed by atoms with van der Waals surface area (Å²) >= 11 is 0.916. The van der Waals surface area contributed by atoms with Gasteiger partial charge in [0.2, 0.25) is 0 Å². The summed E-state index contributed by atoms with van der Waals surface area (Å²) in [7, 11) is 0. The Morgan fingerprint density at radius 3 is 2.67 bits per heavy atom. The Kier molecular flexibility index (Phi) is 4.12. The van der Waals surface area contributed by atoms with Crippen molar-refractivity contribution < 1.29 is 22.4 Å². The number of rotatable bonds is 3. The molecule has 0 radical (unpaired) electrons. The molecule has 1 heterocycles. The summed E-state index contributed by atoms with van der Waals surface area (Å²) in [6, 6.07) is 2.28.